The molecule has 96 valence electrons. The molecular weight excluding hydrogens is 272 g/mol. The van der Waals surface area contributed by atoms with E-state index in [1.165, 1.54) is 0 Å². The molecule has 0 radical (unpaired) electrons. The first-order valence-corrected chi connectivity index (χ1v) is 6.52. The molecule has 1 atom stereocenters. The van der Waals surface area contributed by atoms with Crippen LogP contribution < -0.4 is 5.32 Å². The highest BCUT2D eigenvalue weighted by Gasteiger charge is 2.32. The van der Waals surface area contributed by atoms with E-state index in [1.807, 2.05) is 0 Å². The summed E-state index contributed by atoms with van der Waals surface area (Å²) in [6.45, 7) is 2.72. The number of aliphatic hydroxyl groups excluding tert-OH is 1. The molecule has 0 aliphatic rings. The molecule has 0 saturated heterocycles. The number of halogens is 3. The van der Waals surface area contributed by atoms with Gasteiger partial charge >= 0.3 is 0 Å². The normalized spacial score (nSPS) is 13.6. The van der Waals surface area contributed by atoms with E-state index >= 15 is 0 Å². The maximum absolute atomic E-state index is 11.3. The summed E-state index contributed by atoms with van der Waals surface area (Å²) in [4.78, 5) is 11.3. The van der Waals surface area contributed by atoms with Crippen molar-refractivity contribution in [1.29, 1.82) is 0 Å². The highest BCUT2D eigenvalue weighted by Crippen LogP contribution is 2.31. The average molecular weight is 291 g/mol. The van der Waals surface area contributed by atoms with Gasteiger partial charge < -0.3 is 10.4 Å². The van der Waals surface area contributed by atoms with Crippen molar-refractivity contribution < 1.29 is 9.90 Å². The van der Waals surface area contributed by atoms with Gasteiger partial charge in [0.25, 0.3) is 0 Å². The summed E-state index contributed by atoms with van der Waals surface area (Å²) in [6.07, 6.45) is 2.87. The fourth-order valence-corrected chi connectivity index (χ4v) is 1.37. The molecule has 0 bridgehead atoms. The number of amides is 1. The third-order valence-electron chi connectivity index (χ3n) is 2.11. The monoisotopic (exact) mass is 289 g/mol. The molecule has 0 spiro atoms. The molecule has 1 amide bonds. The fraction of sp³-hybridized carbons (Fsp3) is 0.900. The van der Waals surface area contributed by atoms with Crippen LogP contribution in [-0.2, 0) is 4.79 Å². The average Bonchev–Trinajstić information content (AvgIpc) is 2.16. The zero-order valence-electron chi connectivity index (χ0n) is 9.31. The molecule has 3 nitrogen and oxygen atoms in total. The number of hydrogen-bond donors (Lipinski definition) is 2. The summed E-state index contributed by atoms with van der Waals surface area (Å²) in [5.41, 5.74) is 0. The Morgan fingerprint density at radius 3 is 2.44 bits per heavy atom. The second-order valence-electron chi connectivity index (χ2n) is 3.67. The maximum atomic E-state index is 11.3. The van der Waals surface area contributed by atoms with E-state index in [0.29, 0.717) is 6.54 Å². The van der Waals surface area contributed by atoms with Crippen LogP contribution >= 0.6 is 34.8 Å². The van der Waals surface area contributed by atoms with Crippen molar-refractivity contribution >= 4 is 40.7 Å². The van der Waals surface area contributed by atoms with Gasteiger partial charge in [0.05, 0.1) is 6.42 Å². The molecule has 0 fully saturated rings. The molecule has 0 aromatic carbocycles. The van der Waals surface area contributed by atoms with E-state index in [2.05, 4.69) is 12.2 Å². The second-order valence-corrected chi connectivity index (χ2v) is 6.04. The molecular formula is C10H18Cl3NO2. The number of carbonyl (C=O) groups excluding carboxylic acids is 1. The van der Waals surface area contributed by atoms with Crippen LogP contribution in [0.4, 0.5) is 0 Å². The van der Waals surface area contributed by atoms with Crippen molar-refractivity contribution in [2.75, 3.05) is 6.54 Å². The van der Waals surface area contributed by atoms with Gasteiger partial charge in [0.1, 0.15) is 6.10 Å². The molecule has 0 aromatic rings. The third-order valence-corrected chi connectivity index (χ3v) is 2.86. The lowest BCUT2D eigenvalue weighted by Gasteiger charge is -2.18. The van der Waals surface area contributed by atoms with Crippen LogP contribution in [0.15, 0.2) is 0 Å². The lowest BCUT2D eigenvalue weighted by Crippen LogP contribution is -2.34. The van der Waals surface area contributed by atoms with Gasteiger partial charge in [-0.25, -0.2) is 0 Å². The van der Waals surface area contributed by atoms with Crippen molar-refractivity contribution in [1.82, 2.24) is 5.32 Å². The zero-order chi connectivity index (χ0) is 12.6. The Hall–Kier alpha value is 0.300. The van der Waals surface area contributed by atoms with Crippen LogP contribution in [0.2, 0.25) is 0 Å². The standard InChI is InChI=1S/C10H18Cl3NO2/c1-2-3-4-5-6-14-9(16)7-8(15)10(11,12)13/h8,15H,2-7H2,1H3,(H,14,16)/t8-/m1/s1. The lowest BCUT2D eigenvalue weighted by molar-refractivity contribution is -0.122. The number of rotatable bonds is 7. The Morgan fingerprint density at radius 2 is 1.94 bits per heavy atom. The number of carbonyl (C=O) groups is 1. The van der Waals surface area contributed by atoms with Gasteiger partial charge in [-0.2, -0.15) is 0 Å². The molecule has 0 saturated carbocycles. The minimum absolute atomic E-state index is 0.190. The van der Waals surface area contributed by atoms with E-state index < -0.39 is 9.90 Å². The van der Waals surface area contributed by atoms with Gasteiger partial charge in [0.15, 0.2) is 0 Å². The van der Waals surface area contributed by atoms with Gasteiger partial charge in [-0.1, -0.05) is 61.0 Å². The van der Waals surface area contributed by atoms with Crippen molar-refractivity contribution in [2.24, 2.45) is 0 Å². The zero-order valence-corrected chi connectivity index (χ0v) is 11.6. The van der Waals surface area contributed by atoms with E-state index in [9.17, 15) is 9.90 Å². The van der Waals surface area contributed by atoms with E-state index in [0.717, 1.165) is 25.7 Å². The van der Waals surface area contributed by atoms with Gasteiger partial charge in [0, 0.05) is 6.54 Å². The van der Waals surface area contributed by atoms with Crippen molar-refractivity contribution in [3.63, 3.8) is 0 Å². The smallest absolute Gasteiger partial charge is 0.222 e. The molecule has 0 heterocycles. The number of alkyl halides is 3. The van der Waals surface area contributed by atoms with Crippen LogP contribution in [0.25, 0.3) is 0 Å². The topological polar surface area (TPSA) is 49.3 Å². The van der Waals surface area contributed by atoms with Crippen molar-refractivity contribution in [3.05, 3.63) is 0 Å². The maximum Gasteiger partial charge on any atom is 0.222 e. The molecule has 0 aliphatic heterocycles. The van der Waals surface area contributed by atoms with E-state index in [-0.39, 0.29) is 12.3 Å². The summed E-state index contributed by atoms with van der Waals surface area (Å²) in [5, 5.41) is 12.0. The summed E-state index contributed by atoms with van der Waals surface area (Å²) in [5.74, 6) is -0.296. The molecule has 2 N–H and O–H groups in total. The van der Waals surface area contributed by atoms with E-state index in [4.69, 9.17) is 34.8 Å². The first-order chi connectivity index (χ1) is 7.38. The Balaban J connectivity index is 3.59. The van der Waals surface area contributed by atoms with Crippen molar-refractivity contribution in [2.45, 2.75) is 48.9 Å². The molecule has 0 aliphatic carbocycles. The van der Waals surface area contributed by atoms with Crippen molar-refractivity contribution in [3.8, 4) is 0 Å². The molecule has 16 heavy (non-hydrogen) atoms. The minimum Gasteiger partial charge on any atom is -0.388 e. The molecule has 6 heteroatoms. The first kappa shape index (κ1) is 16.3. The Bertz CT molecular complexity index is 207. The minimum atomic E-state index is -1.81. The Labute approximate surface area is 111 Å². The lowest BCUT2D eigenvalue weighted by atomic mass is 10.2. The SMILES string of the molecule is CCCCCCNC(=O)C[C@@H](O)C(Cl)(Cl)Cl. The van der Waals surface area contributed by atoms with Gasteiger partial charge in [0.2, 0.25) is 9.70 Å². The van der Waals surface area contributed by atoms with Gasteiger partial charge in [-0.3, -0.25) is 4.79 Å². The highest BCUT2D eigenvalue weighted by atomic mass is 35.6. The first-order valence-electron chi connectivity index (χ1n) is 5.39. The Morgan fingerprint density at radius 1 is 1.31 bits per heavy atom. The van der Waals surface area contributed by atoms with Gasteiger partial charge in [-0.05, 0) is 6.42 Å². The predicted octanol–water partition coefficient (Wildman–Crippen LogP) is 2.80. The fourth-order valence-electron chi connectivity index (χ4n) is 1.14. The number of unbranched alkanes of at least 4 members (excludes halogenated alkanes) is 3. The summed E-state index contributed by atoms with van der Waals surface area (Å²) >= 11 is 16.3. The summed E-state index contributed by atoms with van der Waals surface area (Å²) in [7, 11) is 0. The van der Waals surface area contributed by atoms with Crippen LogP contribution in [0, 0.1) is 0 Å². The number of nitrogens with one attached hydrogen (secondary N) is 1. The largest absolute Gasteiger partial charge is 0.388 e. The summed E-state index contributed by atoms with van der Waals surface area (Å²) in [6, 6.07) is 0. The quantitative estimate of drug-likeness (QED) is 0.559. The predicted molar refractivity (Wildman–Crippen MR) is 68.1 cm³/mol. The number of hydrogen-bond acceptors (Lipinski definition) is 2. The summed E-state index contributed by atoms with van der Waals surface area (Å²) < 4.78 is -1.81. The third kappa shape index (κ3) is 8.45. The highest BCUT2D eigenvalue weighted by molar-refractivity contribution is 6.68. The van der Waals surface area contributed by atoms with E-state index in [1.54, 1.807) is 0 Å². The number of aliphatic hydroxyl groups is 1. The van der Waals surface area contributed by atoms with Crippen LogP contribution in [0.3, 0.4) is 0 Å². The Kier molecular flexibility index (Phi) is 8.56. The van der Waals surface area contributed by atoms with Gasteiger partial charge in [-0.15, -0.1) is 0 Å². The van der Waals surface area contributed by atoms with Crippen LogP contribution in [0.1, 0.15) is 39.0 Å². The molecule has 0 rings (SSSR count). The second kappa shape index (κ2) is 8.40. The molecule has 0 aromatic heterocycles. The van der Waals surface area contributed by atoms with Crippen LogP contribution in [-0.4, -0.2) is 27.5 Å². The van der Waals surface area contributed by atoms with Crippen LogP contribution in [0.5, 0.6) is 0 Å². The molecule has 0 unspecified atom stereocenters.